The van der Waals surface area contributed by atoms with E-state index in [9.17, 15) is 0 Å². The third-order valence-electron chi connectivity index (χ3n) is 2.11. The van der Waals surface area contributed by atoms with Crippen molar-refractivity contribution in [2.45, 2.75) is 26.7 Å². The molecule has 0 N–H and O–H groups in total. The Kier molecular flexibility index (Phi) is 2.04. The summed E-state index contributed by atoms with van der Waals surface area (Å²) in [4.78, 5) is 8.60. The van der Waals surface area contributed by atoms with Crippen LogP contribution < -0.4 is 0 Å². The molecule has 0 aliphatic heterocycles. The third-order valence-corrected chi connectivity index (χ3v) is 3.21. The fraction of sp³-hybridized carbons (Fsp3) is 0.400. The predicted octanol–water partition coefficient (Wildman–Crippen LogP) is 3.12. The van der Waals surface area contributed by atoms with E-state index in [-0.39, 0.29) is 0 Å². The molecule has 68 valence electrons. The zero-order valence-electron chi connectivity index (χ0n) is 8.03. The Labute approximate surface area is 81.7 Å². The normalized spacial score (nSPS) is 11.4. The summed E-state index contributed by atoms with van der Waals surface area (Å²) in [7, 11) is 0. The van der Waals surface area contributed by atoms with E-state index in [4.69, 9.17) is 0 Å². The van der Waals surface area contributed by atoms with Gasteiger partial charge in [0, 0.05) is 0 Å². The molecule has 0 saturated carbocycles. The van der Waals surface area contributed by atoms with Crippen molar-refractivity contribution in [3.8, 4) is 0 Å². The molecule has 13 heavy (non-hydrogen) atoms. The molecule has 0 spiro atoms. The first-order chi connectivity index (χ1) is 6.20. The van der Waals surface area contributed by atoms with Crippen molar-refractivity contribution < 1.29 is 0 Å². The third kappa shape index (κ3) is 1.33. The summed E-state index contributed by atoms with van der Waals surface area (Å²) in [6.07, 6.45) is 1.66. The Bertz CT molecular complexity index is 431. The molecule has 0 atom stereocenters. The van der Waals surface area contributed by atoms with Crippen LogP contribution in [0.1, 0.15) is 31.0 Å². The van der Waals surface area contributed by atoms with Gasteiger partial charge in [0.1, 0.15) is 6.33 Å². The van der Waals surface area contributed by atoms with Crippen LogP contribution in [0, 0.1) is 6.92 Å². The van der Waals surface area contributed by atoms with Crippen LogP contribution in [0.15, 0.2) is 11.7 Å². The maximum absolute atomic E-state index is 4.32. The van der Waals surface area contributed by atoms with Crippen molar-refractivity contribution in [2.24, 2.45) is 0 Å². The molecule has 3 heteroatoms. The topological polar surface area (TPSA) is 25.8 Å². The molecule has 0 unspecified atom stereocenters. The van der Waals surface area contributed by atoms with E-state index in [2.05, 4.69) is 36.1 Å². The Hall–Kier alpha value is -0.960. The average molecular weight is 192 g/mol. The number of aryl methyl sites for hydroxylation is 1. The van der Waals surface area contributed by atoms with Gasteiger partial charge in [-0.2, -0.15) is 0 Å². The first kappa shape index (κ1) is 8.63. The number of nitrogens with zero attached hydrogens (tertiary/aromatic N) is 2. The van der Waals surface area contributed by atoms with Gasteiger partial charge >= 0.3 is 0 Å². The number of hydrogen-bond donors (Lipinski definition) is 0. The lowest BCUT2D eigenvalue weighted by molar-refractivity contribution is 0.830. The van der Waals surface area contributed by atoms with Gasteiger partial charge in [-0.05, 0) is 23.8 Å². The van der Waals surface area contributed by atoms with Crippen molar-refractivity contribution in [1.82, 2.24) is 9.97 Å². The summed E-state index contributed by atoms with van der Waals surface area (Å²) in [6, 6.07) is 0. The molecule has 2 aromatic heterocycles. The fourth-order valence-electron chi connectivity index (χ4n) is 1.40. The Morgan fingerprint density at radius 1 is 1.31 bits per heavy atom. The van der Waals surface area contributed by atoms with E-state index in [1.54, 1.807) is 17.7 Å². The molecule has 0 aliphatic rings. The van der Waals surface area contributed by atoms with Gasteiger partial charge < -0.3 is 0 Å². The zero-order chi connectivity index (χ0) is 9.42. The van der Waals surface area contributed by atoms with Crippen LogP contribution >= 0.6 is 11.3 Å². The molecule has 2 nitrogen and oxygen atoms in total. The molecule has 0 radical (unpaired) electrons. The SMILES string of the molecule is Cc1csc2c(C(C)C)ncnc12. The lowest BCUT2D eigenvalue weighted by atomic mass is 10.1. The number of rotatable bonds is 1. The van der Waals surface area contributed by atoms with Gasteiger partial charge in [-0.3, -0.25) is 0 Å². The molecule has 0 aliphatic carbocycles. The van der Waals surface area contributed by atoms with Crippen molar-refractivity contribution in [3.05, 3.63) is 23.0 Å². The highest BCUT2D eigenvalue weighted by Crippen LogP contribution is 2.28. The van der Waals surface area contributed by atoms with Crippen LogP contribution in [0.3, 0.4) is 0 Å². The predicted molar refractivity (Wildman–Crippen MR) is 56.2 cm³/mol. The molecule has 0 saturated heterocycles. The summed E-state index contributed by atoms with van der Waals surface area (Å²) in [5.41, 5.74) is 3.54. The first-order valence-corrected chi connectivity index (χ1v) is 5.27. The van der Waals surface area contributed by atoms with E-state index in [1.807, 2.05) is 0 Å². The van der Waals surface area contributed by atoms with Crippen molar-refractivity contribution in [2.75, 3.05) is 0 Å². The molecule has 2 rings (SSSR count). The van der Waals surface area contributed by atoms with Crippen LogP contribution in [-0.2, 0) is 0 Å². The van der Waals surface area contributed by atoms with Crippen molar-refractivity contribution in [3.63, 3.8) is 0 Å². The zero-order valence-corrected chi connectivity index (χ0v) is 8.85. The second kappa shape index (κ2) is 3.07. The highest BCUT2D eigenvalue weighted by molar-refractivity contribution is 7.17. The van der Waals surface area contributed by atoms with Crippen molar-refractivity contribution >= 4 is 21.6 Å². The lowest BCUT2D eigenvalue weighted by Crippen LogP contribution is -1.93. The standard InChI is InChI=1S/C10H12N2S/c1-6(2)8-10-9(12-5-11-8)7(3)4-13-10/h4-6H,1-3H3. The van der Waals surface area contributed by atoms with Crippen LogP contribution in [0.25, 0.3) is 10.2 Å². The van der Waals surface area contributed by atoms with Crippen LogP contribution in [0.4, 0.5) is 0 Å². The van der Waals surface area contributed by atoms with Crippen LogP contribution in [0.2, 0.25) is 0 Å². The number of thiophene rings is 1. The molecular weight excluding hydrogens is 180 g/mol. The molecule has 0 aromatic carbocycles. The van der Waals surface area contributed by atoms with Crippen LogP contribution in [-0.4, -0.2) is 9.97 Å². The summed E-state index contributed by atoms with van der Waals surface area (Å²) >= 11 is 1.74. The molecule has 0 bridgehead atoms. The van der Waals surface area contributed by atoms with Gasteiger partial charge in [-0.25, -0.2) is 9.97 Å². The minimum Gasteiger partial charge on any atom is -0.240 e. The van der Waals surface area contributed by atoms with E-state index in [0.717, 1.165) is 5.52 Å². The Morgan fingerprint density at radius 3 is 2.77 bits per heavy atom. The van der Waals surface area contributed by atoms with Crippen LogP contribution in [0.5, 0.6) is 0 Å². The fourth-order valence-corrected chi connectivity index (χ4v) is 2.54. The smallest absolute Gasteiger partial charge is 0.116 e. The second-order valence-electron chi connectivity index (χ2n) is 3.51. The van der Waals surface area contributed by atoms with Crippen molar-refractivity contribution in [1.29, 1.82) is 0 Å². The van der Waals surface area contributed by atoms with Gasteiger partial charge in [0.15, 0.2) is 0 Å². The molecule has 0 fully saturated rings. The summed E-state index contributed by atoms with van der Waals surface area (Å²) < 4.78 is 1.25. The quantitative estimate of drug-likeness (QED) is 0.693. The Balaban J connectivity index is 2.77. The van der Waals surface area contributed by atoms with Gasteiger partial charge in [0.2, 0.25) is 0 Å². The number of fused-ring (bicyclic) bond motifs is 1. The van der Waals surface area contributed by atoms with Gasteiger partial charge in [0.25, 0.3) is 0 Å². The largest absolute Gasteiger partial charge is 0.240 e. The molecular formula is C10H12N2S. The minimum atomic E-state index is 0.476. The highest BCUT2D eigenvalue weighted by Gasteiger charge is 2.10. The second-order valence-corrected chi connectivity index (χ2v) is 4.39. The Morgan fingerprint density at radius 2 is 2.08 bits per heavy atom. The van der Waals surface area contributed by atoms with E-state index < -0.39 is 0 Å². The van der Waals surface area contributed by atoms with Gasteiger partial charge in [-0.15, -0.1) is 11.3 Å². The summed E-state index contributed by atoms with van der Waals surface area (Å²) in [5.74, 6) is 0.476. The molecule has 0 amide bonds. The number of hydrogen-bond acceptors (Lipinski definition) is 3. The highest BCUT2D eigenvalue weighted by atomic mass is 32.1. The van der Waals surface area contributed by atoms with Gasteiger partial charge in [0.05, 0.1) is 15.9 Å². The van der Waals surface area contributed by atoms with Gasteiger partial charge in [-0.1, -0.05) is 13.8 Å². The molecule has 2 heterocycles. The monoisotopic (exact) mass is 192 g/mol. The summed E-state index contributed by atoms with van der Waals surface area (Å²) in [6.45, 7) is 6.42. The van der Waals surface area contributed by atoms with E-state index in [1.165, 1.54) is 16.0 Å². The summed E-state index contributed by atoms with van der Waals surface area (Å²) in [5, 5.41) is 2.14. The first-order valence-electron chi connectivity index (χ1n) is 4.39. The number of aromatic nitrogens is 2. The van der Waals surface area contributed by atoms with E-state index in [0.29, 0.717) is 5.92 Å². The van der Waals surface area contributed by atoms with E-state index >= 15 is 0 Å². The minimum absolute atomic E-state index is 0.476. The average Bonchev–Trinajstić information content (AvgIpc) is 2.48. The maximum Gasteiger partial charge on any atom is 0.116 e. The maximum atomic E-state index is 4.32. The lowest BCUT2D eigenvalue weighted by Gasteiger charge is -2.03. The molecule has 2 aromatic rings.